The van der Waals surface area contributed by atoms with Gasteiger partial charge in [0.05, 0.1) is 4.88 Å². The Morgan fingerprint density at radius 3 is 2.55 bits per heavy atom. The van der Waals surface area contributed by atoms with Gasteiger partial charge in [-0.3, -0.25) is 4.79 Å². The lowest BCUT2D eigenvalue weighted by atomic mass is 10.2. The summed E-state index contributed by atoms with van der Waals surface area (Å²) < 4.78 is 0. The van der Waals surface area contributed by atoms with Gasteiger partial charge in [0.2, 0.25) is 0 Å². The molecule has 3 nitrogen and oxygen atoms in total. The van der Waals surface area contributed by atoms with Crippen LogP contribution in [0.4, 0.5) is 5.69 Å². The first-order chi connectivity index (χ1) is 9.74. The molecule has 1 aliphatic rings. The SMILES string of the molecule is Cc1cccc(N2CCN(C(=O)c3cccs3)CC2)c1. The quantitative estimate of drug-likeness (QED) is 0.847. The van der Waals surface area contributed by atoms with Crippen molar-refractivity contribution in [1.29, 1.82) is 0 Å². The van der Waals surface area contributed by atoms with Crippen LogP contribution in [0.2, 0.25) is 0 Å². The normalized spacial score (nSPS) is 15.4. The van der Waals surface area contributed by atoms with Crippen molar-refractivity contribution in [2.24, 2.45) is 0 Å². The van der Waals surface area contributed by atoms with Crippen molar-refractivity contribution in [3.8, 4) is 0 Å². The molecule has 0 atom stereocenters. The zero-order valence-electron chi connectivity index (χ0n) is 11.6. The number of carbonyl (C=O) groups excluding carboxylic acids is 1. The van der Waals surface area contributed by atoms with Crippen LogP contribution in [0.15, 0.2) is 41.8 Å². The number of rotatable bonds is 2. The van der Waals surface area contributed by atoms with E-state index < -0.39 is 0 Å². The number of anilines is 1. The molecule has 4 heteroatoms. The van der Waals surface area contributed by atoms with Crippen molar-refractivity contribution < 1.29 is 4.79 Å². The van der Waals surface area contributed by atoms with E-state index >= 15 is 0 Å². The van der Waals surface area contributed by atoms with Crippen LogP contribution in [0.3, 0.4) is 0 Å². The molecular weight excluding hydrogens is 268 g/mol. The number of hydrogen-bond donors (Lipinski definition) is 0. The molecule has 2 heterocycles. The van der Waals surface area contributed by atoms with E-state index in [1.807, 2.05) is 22.4 Å². The van der Waals surface area contributed by atoms with E-state index in [0.717, 1.165) is 31.1 Å². The van der Waals surface area contributed by atoms with Crippen LogP contribution < -0.4 is 4.90 Å². The molecule has 0 saturated carbocycles. The monoisotopic (exact) mass is 286 g/mol. The van der Waals surface area contributed by atoms with Crippen LogP contribution in [-0.2, 0) is 0 Å². The van der Waals surface area contributed by atoms with Gasteiger partial charge >= 0.3 is 0 Å². The molecule has 0 radical (unpaired) electrons. The van der Waals surface area contributed by atoms with Gasteiger partial charge < -0.3 is 9.80 Å². The van der Waals surface area contributed by atoms with E-state index in [4.69, 9.17) is 0 Å². The molecule has 0 aliphatic carbocycles. The van der Waals surface area contributed by atoms with Gasteiger partial charge in [-0.15, -0.1) is 11.3 Å². The first-order valence-corrected chi connectivity index (χ1v) is 7.76. The Labute approximate surface area is 123 Å². The standard InChI is InChI=1S/C16H18N2OS/c1-13-4-2-5-14(12-13)17-7-9-18(10-8-17)16(19)15-6-3-11-20-15/h2-6,11-12H,7-10H2,1H3. The molecule has 104 valence electrons. The highest BCUT2D eigenvalue weighted by Crippen LogP contribution is 2.19. The zero-order chi connectivity index (χ0) is 13.9. The maximum absolute atomic E-state index is 12.3. The summed E-state index contributed by atoms with van der Waals surface area (Å²) in [6.45, 7) is 5.51. The fraction of sp³-hybridized carbons (Fsp3) is 0.312. The Morgan fingerprint density at radius 2 is 1.90 bits per heavy atom. The second-order valence-electron chi connectivity index (χ2n) is 5.10. The van der Waals surface area contributed by atoms with Gasteiger partial charge in [0.25, 0.3) is 5.91 Å². The number of thiophene rings is 1. The van der Waals surface area contributed by atoms with E-state index in [9.17, 15) is 4.79 Å². The van der Waals surface area contributed by atoms with Crippen LogP contribution in [-0.4, -0.2) is 37.0 Å². The van der Waals surface area contributed by atoms with Gasteiger partial charge in [-0.05, 0) is 36.1 Å². The molecule has 0 spiro atoms. The summed E-state index contributed by atoms with van der Waals surface area (Å²) in [5.41, 5.74) is 2.54. The third-order valence-electron chi connectivity index (χ3n) is 3.67. The van der Waals surface area contributed by atoms with Gasteiger partial charge in [0, 0.05) is 31.9 Å². The highest BCUT2D eigenvalue weighted by Gasteiger charge is 2.22. The molecule has 2 aromatic rings. The van der Waals surface area contributed by atoms with Gasteiger partial charge in [0.15, 0.2) is 0 Å². The third kappa shape index (κ3) is 2.70. The van der Waals surface area contributed by atoms with Gasteiger partial charge in [-0.1, -0.05) is 18.2 Å². The first-order valence-electron chi connectivity index (χ1n) is 6.88. The third-order valence-corrected chi connectivity index (χ3v) is 4.52. The molecule has 1 aromatic heterocycles. The van der Waals surface area contributed by atoms with Crippen molar-refractivity contribution in [1.82, 2.24) is 4.90 Å². The number of hydrogen-bond acceptors (Lipinski definition) is 3. The molecule has 0 N–H and O–H groups in total. The van der Waals surface area contributed by atoms with E-state index in [-0.39, 0.29) is 5.91 Å². The summed E-state index contributed by atoms with van der Waals surface area (Å²) in [4.78, 5) is 17.4. The van der Waals surface area contributed by atoms with Crippen molar-refractivity contribution in [3.63, 3.8) is 0 Å². The lowest BCUT2D eigenvalue weighted by molar-refractivity contribution is 0.0751. The van der Waals surface area contributed by atoms with Crippen molar-refractivity contribution in [2.45, 2.75) is 6.92 Å². The number of piperazine rings is 1. The second kappa shape index (κ2) is 5.67. The molecule has 1 fully saturated rings. The molecule has 3 rings (SSSR count). The van der Waals surface area contributed by atoms with Crippen molar-refractivity contribution >= 4 is 22.9 Å². The molecule has 0 unspecified atom stereocenters. The minimum absolute atomic E-state index is 0.170. The van der Waals surface area contributed by atoms with E-state index in [1.165, 1.54) is 22.6 Å². The summed E-state index contributed by atoms with van der Waals surface area (Å²) in [6.07, 6.45) is 0. The summed E-state index contributed by atoms with van der Waals surface area (Å²) in [5.74, 6) is 0.170. The van der Waals surface area contributed by atoms with Crippen LogP contribution in [0, 0.1) is 6.92 Å². The molecule has 1 saturated heterocycles. The number of aryl methyl sites for hydroxylation is 1. The Balaban J connectivity index is 1.64. The highest BCUT2D eigenvalue weighted by molar-refractivity contribution is 7.12. The minimum atomic E-state index is 0.170. The van der Waals surface area contributed by atoms with Crippen LogP contribution in [0.5, 0.6) is 0 Å². The van der Waals surface area contributed by atoms with Crippen molar-refractivity contribution in [2.75, 3.05) is 31.1 Å². The highest BCUT2D eigenvalue weighted by atomic mass is 32.1. The van der Waals surface area contributed by atoms with Gasteiger partial charge in [-0.2, -0.15) is 0 Å². The predicted molar refractivity (Wildman–Crippen MR) is 83.6 cm³/mol. The van der Waals surface area contributed by atoms with E-state index in [1.54, 1.807) is 0 Å². The minimum Gasteiger partial charge on any atom is -0.368 e. The van der Waals surface area contributed by atoms with Crippen LogP contribution in [0.1, 0.15) is 15.2 Å². The molecule has 20 heavy (non-hydrogen) atoms. The predicted octanol–water partition coefficient (Wildman–Crippen LogP) is 3.02. The fourth-order valence-corrected chi connectivity index (χ4v) is 3.24. The molecule has 1 aliphatic heterocycles. The zero-order valence-corrected chi connectivity index (χ0v) is 12.4. The largest absolute Gasteiger partial charge is 0.368 e. The summed E-state index contributed by atoms with van der Waals surface area (Å²) >= 11 is 1.52. The molecular formula is C16H18N2OS. The molecule has 0 bridgehead atoms. The number of nitrogens with zero attached hydrogens (tertiary/aromatic N) is 2. The van der Waals surface area contributed by atoms with Crippen LogP contribution >= 0.6 is 11.3 Å². The van der Waals surface area contributed by atoms with Crippen LogP contribution in [0.25, 0.3) is 0 Å². The molecule has 1 amide bonds. The fourth-order valence-electron chi connectivity index (χ4n) is 2.55. The lowest BCUT2D eigenvalue weighted by Gasteiger charge is -2.36. The van der Waals surface area contributed by atoms with Gasteiger partial charge in [0.1, 0.15) is 0 Å². The Hall–Kier alpha value is -1.81. The van der Waals surface area contributed by atoms with E-state index in [0.29, 0.717) is 0 Å². The second-order valence-corrected chi connectivity index (χ2v) is 6.04. The van der Waals surface area contributed by atoms with E-state index in [2.05, 4.69) is 36.1 Å². The average molecular weight is 286 g/mol. The Morgan fingerprint density at radius 1 is 1.10 bits per heavy atom. The number of benzene rings is 1. The van der Waals surface area contributed by atoms with Gasteiger partial charge in [-0.25, -0.2) is 0 Å². The first kappa shape index (κ1) is 13.2. The number of carbonyl (C=O) groups is 1. The summed E-state index contributed by atoms with van der Waals surface area (Å²) in [7, 11) is 0. The number of amides is 1. The average Bonchev–Trinajstić information content (AvgIpc) is 3.01. The van der Waals surface area contributed by atoms with Crippen molar-refractivity contribution in [3.05, 3.63) is 52.2 Å². The lowest BCUT2D eigenvalue weighted by Crippen LogP contribution is -2.48. The topological polar surface area (TPSA) is 23.6 Å². The maximum atomic E-state index is 12.3. The molecule has 1 aromatic carbocycles. The summed E-state index contributed by atoms with van der Waals surface area (Å²) in [5, 5.41) is 1.95. The maximum Gasteiger partial charge on any atom is 0.264 e. The Bertz CT molecular complexity index is 586. The Kier molecular flexibility index (Phi) is 3.74. The summed E-state index contributed by atoms with van der Waals surface area (Å²) in [6, 6.07) is 12.4. The smallest absolute Gasteiger partial charge is 0.264 e.